The van der Waals surface area contributed by atoms with Gasteiger partial charge in [0.15, 0.2) is 0 Å². The molecule has 0 spiro atoms. The third kappa shape index (κ3) is 4.58. The predicted octanol–water partition coefficient (Wildman–Crippen LogP) is 3.97. The molecule has 0 unspecified atom stereocenters. The zero-order chi connectivity index (χ0) is 12.8. The Morgan fingerprint density at radius 2 is 1.88 bits per heavy atom. The summed E-state index contributed by atoms with van der Waals surface area (Å²) < 4.78 is 1.81. The van der Waals surface area contributed by atoms with Gasteiger partial charge in [-0.15, -0.1) is 23.2 Å². The molecular weight excluding hydrogens is 440 g/mol. The van der Waals surface area contributed by atoms with Crippen LogP contribution in [-0.2, 0) is 0 Å². The minimum atomic E-state index is -0.0447. The standard InChI is InChI=1S/C11H11BrCl2INO/c12-10-2-1-8(15)7-9(10)11(17)16(5-3-13)6-4-14/h1-2,7H,3-6H2. The summed E-state index contributed by atoms with van der Waals surface area (Å²) >= 11 is 16.9. The topological polar surface area (TPSA) is 20.3 Å². The molecule has 0 bridgehead atoms. The monoisotopic (exact) mass is 449 g/mol. The molecule has 0 aromatic heterocycles. The van der Waals surface area contributed by atoms with Crippen molar-refractivity contribution in [1.29, 1.82) is 0 Å². The van der Waals surface area contributed by atoms with Crippen LogP contribution in [0.1, 0.15) is 10.4 Å². The van der Waals surface area contributed by atoms with E-state index in [1.165, 1.54) is 0 Å². The van der Waals surface area contributed by atoms with E-state index >= 15 is 0 Å². The van der Waals surface area contributed by atoms with Crippen molar-refractivity contribution in [1.82, 2.24) is 4.90 Å². The molecule has 0 fully saturated rings. The first kappa shape index (κ1) is 15.5. The van der Waals surface area contributed by atoms with E-state index in [9.17, 15) is 4.79 Å². The van der Waals surface area contributed by atoms with Gasteiger partial charge in [0.2, 0.25) is 0 Å². The van der Waals surface area contributed by atoms with Crippen molar-refractivity contribution >= 4 is 67.6 Å². The average Bonchev–Trinajstić information content (AvgIpc) is 2.31. The maximum atomic E-state index is 12.3. The third-order valence-electron chi connectivity index (χ3n) is 2.15. The van der Waals surface area contributed by atoms with Crippen molar-refractivity contribution < 1.29 is 4.79 Å². The van der Waals surface area contributed by atoms with Gasteiger partial charge in [-0.1, -0.05) is 0 Å². The summed E-state index contributed by atoms with van der Waals surface area (Å²) in [5.41, 5.74) is 0.645. The molecule has 0 aliphatic rings. The van der Waals surface area contributed by atoms with Crippen LogP contribution < -0.4 is 0 Å². The number of halogens is 4. The molecule has 0 aliphatic carbocycles. The lowest BCUT2D eigenvalue weighted by Gasteiger charge is -2.21. The van der Waals surface area contributed by atoms with E-state index in [1.807, 2.05) is 18.2 Å². The van der Waals surface area contributed by atoms with Gasteiger partial charge in [-0.2, -0.15) is 0 Å². The van der Waals surface area contributed by atoms with Gasteiger partial charge in [0.25, 0.3) is 5.91 Å². The average molecular weight is 451 g/mol. The molecule has 0 saturated heterocycles. The van der Waals surface area contributed by atoms with Crippen LogP contribution in [0.25, 0.3) is 0 Å². The Morgan fingerprint density at radius 3 is 2.41 bits per heavy atom. The molecule has 0 atom stereocenters. The number of hydrogen-bond donors (Lipinski definition) is 0. The quantitative estimate of drug-likeness (QED) is 0.491. The van der Waals surface area contributed by atoms with Crippen molar-refractivity contribution in [2.45, 2.75) is 0 Å². The van der Waals surface area contributed by atoms with Crippen molar-refractivity contribution in [2.24, 2.45) is 0 Å². The Kier molecular flexibility index (Phi) is 7.14. The van der Waals surface area contributed by atoms with E-state index in [0.717, 1.165) is 8.04 Å². The molecule has 6 heteroatoms. The normalized spacial score (nSPS) is 10.4. The summed E-state index contributed by atoms with van der Waals surface area (Å²) in [6, 6.07) is 5.66. The highest BCUT2D eigenvalue weighted by atomic mass is 127. The highest BCUT2D eigenvalue weighted by molar-refractivity contribution is 14.1. The molecule has 0 heterocycles. The molecule has 1 amide bonds. The van der Waals surface area contributed by atoms with Crippen molar-refractivity contribution in [3.63, 3.8) is 0 Å². The van der Waals surface area contributed by atoms with Crippen LogP contribution in [-0.4, -0.2) is 35.7 Å². The maximum Gasteiger partial charge on any atom is 0.255 e. The van der Waals surface area contributed by atoms with Crippen molar-refractivity contribution in [3.05, 3.63) is 31.8 Å². The van der Waals surface area contributed by atoms with Crippen LogP contribution in [0.5, 0.6) is 0 Å². The molecule has 0 aliphatic heterocycles. The van der Waals surface area contributed by atoms with Gasteiger partial charge >= 0.3 is 0 Å². The van der Waals surface area contributed by atoms with Crippen LogP contribution in [0.15, 0.2) is 22.7 Å². The molecule has 1 aromatic carbocycles. The third-order valence-corrected chi connectivity index (χ3v) is 3.86. The number of hydrogen-bond acceptors (Lipinski definition) is 1. The number of alkyl halides is 2. The van der Waals surface area contributed by atoms with Crippen LogP contribution in [0.2, 0.25) is 0 Å². The fourth-order valence-electron chi connectivity index (χ4n) is 1.35. The fraction of sp³-hybridized carbons (Fsp3) is 0.364. The van der Waals surface area contributed by atoms with Crippen molar-refractivity contribution in [2.75, 3.05) is 24.8 Å². The summed E-state index contributed by atoms with van der Waals surface area (Å²) in [6.45, 7) is 1.01. The lowest BCUT2D eigenvalue weighted by molar-refractivity contribution is 0.0774. The fourth-order valence-corrected chi connectivity index (χ4v) is 2.67. The van der Waals surface area contributed by atoms with Crippen LogP contribution in [0.4, 0.5) is 0 Å². The van der Waals surface area contributed by atoms with Crippen LogP contribution in [0.3, 0.4) is 0 Å². The molecule has 0 radical (unpaired) electrons. The molecule has 1 rings (SSSR count). The second-order valence-corrected chi connectivity index (χ2v) is 6.15. The maximum absolute atomic E-state index is 12.3. The van der Waals surface area contributed by atoms with Gasteiger partial charge in [-0.3, -0.25) is 4.79 Å². The lowest BCUT2D eigenvalue weighted by Crippen LogP contribution is -2.34. The summed E-state index contributed by atoms with van der Waals surface area (Å²) in [4.78, 5) is 13.9. The molecule has 94 valence electrons. The van der Waals surface area contributed by atoms with E-state index in [4.69, 9.17) is 23.2 Å². The van der Waals surface area contributed by atoms with E-state index in [-0.39, 0.29) is 5.91 Å². The lowest BCUT2D eigenvalue weighted by atomic mass is 10.2. The Hall–Kier alpha value is 0.480. The number of carbonyl (C=O) groups is 1. The largest absolute Gasteiger partial charge is 0.336 e. The van der Waals surface area contributed by atoms with Crippen molar-refractivity contribution in [3.8, 4) is 0 Å². The molecular formula is C11H11BrCl2INO. The molecule has 0 N–H and O–H groups in total. The first-order valence-electron chi connectivity index (χ1n) is 4.96. The molecule has 17 heavy (non-hydrogen) atoms. The zero-order valence-corrected chi connectivity index (χ0v) is 14.2. The second-order valence-electron chi connectivity index (χ2n) is 3.29. The Labute approximate surface area is 133 Å². The SMILES string of the molecule is O=C(c1cc(I)ccc1Br)N(CCCl)CCCl. The van der Waals surface area contributed by atoms with Gasteiger partial charge in [-0.25, -0.2) is 0 Å². The zero-order valence-electron chi connectivity index (χ0n) is 8.93. The molecule has 2 nitrogen and oxygen atoms in total. The van der Waals surface area contributed by atoms with E-state index in [2.05, 4.69) is 38.5 Å². The van der Waals surface area contributed by atoms with Gasteiger partial charge in [-0.05, 0) is 56.7 Å². The van der Waals surface area contributed by atoms with Gasteiger partial charge in [0, 0.05) is 32.9 Å². The number of benzene rings is 1. The van der Waals surface area contributed by atoms with Gasteiger partial charge < -0.3 is 4.90 Å². The van der Waals surface area contributed by atoms with Gasteiger partial charge in [0.1, 0.15) is 0 Å². The molecule has 1 aromatic rings. The first-order valence-corrected chi connectivity index (χ1v) is 7.90. The highest BCUT2D eigenvalue weighted by Gasteiger charge is 2.17. The van der Waals surface area contributed by atoms with Crippen LogP contribution in [0, 0.1) is 3.57 Å². The minimum Gasteiger partial charge on any atom is -0.336 e. The van der Waals surface area contributed by atoms with Crippen LogP contribution >= 0.6 is 61.7 Å². The van der Waals surface area contributed by atoms with E-state index < -0.39 is 0 Å². The predicted molar refractivity (Wildman–Crippen MR) is 84.2 cm³/mol. The summed E-state index contributed by atoms with van der Waals surface area (Å²) in [7, 11) is 0. The number of nitrogens with zero attached hydrogens (tertiary/aromatic N) is 1. The second kappa shape index (κ2) is 7.81. The Morgan fingerprint density at radius 1 is 1.29 bits per heavy atom. The Balaban J connectivity index is 2.95. The summed E-state index contributed by atoms with van der Waals surface area (Å²) in [5.74, 6) is 0.769. The summed E-state index contributed by atoms with van der Waals surface area (Å²) in [5, 5.41) is 0. The minimum absolute atomic E-state index is 0.0447. The number of carbonyl (C=O) groups excluding carboxylic acids is 1. The summed E-state index contributed by atoms with van der Waals surface area (Å²) in [6.07, 6.45) is 0. The first-order chi connectivity index (χ1) is 8.10. The Bertz CT molecular complexity index is 397. The molecule has 0 saturated carbocycles. The number of rotatable bonds is 5. The van der Waals surface area contributed by atoms with Gasteiger partial charge in [0.05, 0.1) is 5.56 Å². The van der Waals surface area contributed by atoms with E-state index in [0.29, 0.717) is 30.4 Å². The smallest absolute Gasteiger partial charge is 0.255 e. The number of amides is 1. The highest BCUT2D eigenvalue weighted by Crippen LogP contribution is 2.21. The van der Waals surface area contributed by atoms with E-state index in [1.54, 1.807) is 4.90 Å².